The molecule has 0 aromatic heterocycles. The smallest absolute Gasteiger partial charge is 0.133 e. The lowest BCUT2D eigenvalue weighted by molar-refractivity contribution is 0.443. The normalized spacial score (nSPS) is 16.5. The molecule has 1 saturated carbocycles. The van der Waals surface area contributed by atoms with Crippen LogP contribution in [0.3, 0.4) is 0 Å². The van der Waals surface area contributed by atoms with Crippen molar-refractivity contribution in [2.24, 2.45) is 4.99 Å². The first-order valence-electron chi connectivity index (χ1n) is 7.98. The van der Waals surface area contributed by atoms with Crippen LogP contribution in [0.15, 0.2) is 59.6 Å². The minimum Gasteiger partial charge on any atom is -0.339 e. The number of nitrogens with zero attached hydrogens (tertiary/aromatic N) is 1. The van der Waals surface area contributed by atoms with E-state index in [1.165, 1.54) is 32.1 Å². The van der Waals surface area contributed by atoms with Crippen LogP contribution in [0.5, 0.6) is 0 Å². The average Bonchev–Trinajstić information content (AvgIpc) is 2.58. The molecule has 0 aliphatic heterocycles. The number of benzene rings is 2. The largest absolute Gasteiger partial charge is 0.339 e. The molecule has 2 nitrogen and oxygen atoms in total. The Kier molecular flexibility index (Phi) is 5.12. The number of anilines is 1. The van der Waals surface area contributed by atoms with Gasteiger partial charge in [0.25, 0.3) is 0 Å². The van der Waals surface area contributed by atoms with E-state index in [0.717, 1.165) is 22.1 Å². The fourth-order valence-corrected chi connectivity index (χ4v) is 3.04. The van der Waals surface area contributed by atoms with E-state index < -0.39 is 0 Å². The Bertz CT molecular complexity index is 631. The Morgan fingerprint density at radius 2 is 1.59 bits per heavy atom. The van der Waals surface area contributed by atoms with Crippen molar-refractivity contribution in [3.8, 4) is 0 Å². The second-order valence-electron chi connectivity index (χ2n) is 5.74. The first-order chi connectivity index (χ1) is 10.8. The molecule has 0 atom stereocenters. The molecule has 1 aliphatic carbocycles. The molecular weight excluding hydrogens is 292 g/mol. The SMILES string of the molecule is Clc1ccccc1NC(=NC1CCCCC1)c1ccccc1. The van der Waals surface area contributed by atoms with E-state index in [4.69, 9.17) is 16.6 Å². The highest BCUT2D eigenvalue weighted by Crippen LogP contribution is 2.24. The molecule has 3 rings (SSSR count). The molecule has 0 spiro atoms. The number of amidine groups is 1. The summed E-state index contributed by atoms with van der Waals surface area (Å²) in [6, 6.07) is 18.5. The molecular formula is C19H21ClN2. The Balaban J connectivity index is 1.89. The van der Waals surface area contributed by atoms with E-state index in [1.807, 2.05) is 42.5 Å². The zero-order chi connectivity index (χ0) is 15.2. The summed E-state index contributed by atoms with van der Waals surface area (Å²) in [4.78, 5) is 4.99. The summed E-state index contributed by atoms with van der Waals surface area (Å²) in [5, 5.41) is 4.15. The van der Waals surface area contributed by atoms with Gasteiger partial charge in [-0.05, 0) is 25.0 Å². The van der Waals surface area contributed by atoms with Crippen molar-refractivity contribution in [3.05, 3.63) is 65.2 Å². The number of rotatable bonds is 3. The van der Waals surface area contributed by atoms with Gasteiger partial charge in [0.1, 0.15) is 5.84 Å². The molecule has 22 heavy (non-hydrogen) atoms. The molecule has 3 heteroatoms. The molecule has 0 saturated heterocycles. The van der Waals surface area contributed by atoms with Crippen LogP contribution in [0.1, 0.15) is 37.7 Å². The maximum absolute atomic E-state index is 6.28. The van der Waals surface area contributed by atoms with Crippen molar-refractivity contribution >= 4 is 23.1 Å². The van der Waals surface area contributed by atoms with E-state index in [2.05, 4.69) is 17.4 Å². The summed E-state index contributed by atoms with van der Waals surface area (Å²) in [6.07, 6.45) is 6.26. The lowest BCUT2D eigenvalue weighted by Crippen LogP contribution is -2.19. The molecule has 0 amide bonds. The Labute approximate surface area is 137 Å². The molecule has 1 aliphatic rings. The first kappa shape index (κ1) is 15.1. The number of hydrogen-bond donors (Lipinski definition) is 1. The number of aliphatic imine (C=N–C) groups is 1. The van der Waals surface area contributed by atoms with Crippen LogP contribution in [0.4, 0.5) is 5.69 Å². The minimum absolute atomic E-state index is 0.416. The number of hydrogen-bond acceptors (Lipinski definition) is 1. The quantitative estimate of drug-likeness (QED) is 0.584. The number of nitrogens with one attached hydrogen (secondary N) is 1. The van der Waals surface area contributed by atoms with Crippen molar-refractivity contribution in [3.63, 3.8) is 0 Å². The van der Waals surface area contributed by atoms with Crippen LogP contribution < -0.4 is 5.32 Å². The highest BCUT2D eigenvalue weighted by atomic mass is 35.5. The molecule has 0 unspecified atom stereocenters. The van der Waals surface area contributed by atoms with Crippen LogP contribution in [0.2, 0.25) is 5.02 Å². The highest BCUT2D eigenvalue weighted by Gasteiger charge is 2.14. The molecule has 1 N–H and O–H groups in total. The zero-order valence-corrected chi connectivity index (χ0v) is 13.4. The van der Waals surface area contributed by atoms with Crippen LogP contribution in [-0.2, 0) is 0 Å². The van der Waals surface area contributed by atoms with Crippen LogP contribution >= 0.6 is 11.6 Å². The molecule has 1 fully saturated rings. The summed E-state index contributed by atoms with van der Waals surface area (Å²) in [5.74, 6) is 0.917. The molecule has 0 radical (unpaired) electrons. The van der Waals surface area contributed by atoms with Crippen LogP contribution in [0, 0.1) is 0 Å². The van der Waals surface area contributed by atoms with Crippen molar-refractivity contribution in [1.29, 1.82) is 0 Å². The van der Waals surface area contributed by atoms with Gasteiger partial charge in [-0.3, -0.25) is 4.99 Å². The average molecular weight is 313 g/mol. The standard InChI is InChI=1S/C19H21ClN2/c20-17-13-7-8-14-18(17)22-19(15-9-3-1-4-10-15)21-16-11-5-2-6-12-16/h1,3-4,7-10,13-14,16H,2,5-6,11-12H2,(H,21,22). The van der Waals surface area contributed by atoms with Crippen molar-refractivity contribution < 1.29 is 0 Å². The fourth-order valence-electron chi connectivity index (χ4n) is 2.86. The summed E-state index contributed by atoms with van der Waals surface area (Å²) < 4.78 is 0. The van der Waals surface area contributed by atoms with E-state index in [9.17, 15) is 0 Å². The third kappa shape index (κ3) is 3.89. The van der Waals surface area contributed by atoms with E-state index in [0.29, 0.717) is 6.04 Å². The molecule has 2 aromatic carbocycles. The van der Waals surface area contributed by atoms with Crippen molar-refractivity contribution in [2.45, 2.75) is 38.1 Å². The van der Waals surface area contributed by atoms with Gasteiger partial charge in [0.05, 0.1) is 16.8 Å². The van der Waals surface area contributed by atoms with Gasteiger partial charge in [0, 0.05) is 5.56 Å². The molecule has 0 bridgehead atoms. The monoisotopic (exact) mass is 312 g/mol. The van der Waals surface area contributed by atoms with Crippen LogP contribution in [-0.4, -0.2) is 11.9 Å². The maximum atomic E-state index is 6.28. The van der Waals surface area contributed by atoms with Gasteiger partial charge in [0.15, 0.2) is 0 Å². The fraction of sp³-hybridized carbons (Fsp3) is 0.316. The lowest BCUT2D eigenvalue weighted by atomic mass is 9.96. The second kappa shape index (κ2) is 7.46. The second-order valence-corrected chi connectivity index (χ2v) is 6.15. The summed E-state index contributed by atoms with van der Waals surface area (Å²) in [7, 11) is 0. The van der Waals surface area contributed by atoms with Crippen molar-refractivity contribution in [1.82, 2.24) is 0 Å². The van der Waals surface area contributed by atoms with Gasteiger partial charge in [-0.2, -0.15) is 0 Å². The summed E-state index contributed by atoms with van der Waals surface area (Å²) in [6.45, 7) is 0. The van der Waals surface area contributed by atoms with E-state index in [1.54, 1.807) is 0 Å². The predicted octanol–water partition coefficient (Wildman–Crippen LogP) is 5.53. The lowest BCUT2D eigenvalue weighted by Gasteiger charge is -2.20. The molecule has 114 valence electrons. The summed E-state index contributed by atoms with van der Waals surface area (Å²) in [5.41, 5.74) is 2.01. The third-order valence-electron chi connectivity index (χ3n) is 4.06. The topological polar surface area (TPSA) is 24.4 Å². The Hall–Kier alpha value is -1.80. The highest BCUT2D eigenvalue weighted by molar-refractivity contribution is 6.34. The van der Waals surface area contributed by atoms with Gasteiger partial charge in [-0.15, -0.1) is 0 Å². The predicted molar refractivity (Wildman–Crippen MR) is 94.9 cm³/mol. The first-order valence-corrected chi connectivity index (χ1v) is 8.35. The third-order valence-corrected chi connectivity index (χ3v) is 4.39. The van der Waals surface area contributed by atoms with Crippen LogP contribution in [0.25, 0.3) is 0 Å². The maximum Gasteiger partial charge on any atom is 0.133 e. The molecule has 2 aromatic rings. The van der Waals surface area contributed by atoms with Gasteiger partial charge >= 0.3 is 0 Å². The van der Waals surface area contributed by atoms with E-state index in [-0.39, 0.29) is 0 Å². The van der Waals surface area contributed by atoms with Gasteiger partial charge in [-0.25, -0.2) is 0 Å². The number of halogens is 1. The van der Waals surface area contributed by atoms with Gasteiger partial charge in [-0.1, -0.05) is 73.3 Å². The summed E-state index contributed by atoms with van der Waals surface area (Å²) >= 11 is 6.28. The number of para-hydroxylation sites is 1. The zero-order valence-electron chi connectivity index (χ0n) is 12.6. The van der Waals surface area contributed by atoms with E-state index >= 15 is 0 Å². The van der Waals surface area contributed by atoms with Gasteiger partial charge in [0.2, 0.25) is 0 Å². The Morgan fingerprint density at radius 3 is 2.32 bits per heavy atom. The molecule has 0 heterocycles. The van der Waals surface area contributed by atoms with Crippen molar-refractivity contribution in [2.75, 3.05) is 5.32 Å². The van der Waals surface area contributed by atoms with Gasteiger partial charge < -0.3 is 5.32 Å². The minimum atomic E-state index is 0.416. The Morgan fingerprint density at radius 1 is 0.909 bits per heavy atom.